The zero-order chi connectivity index (χ0) is 21.0. The van der Waals surface area contributed by atoms with Crippen LogP contribution in [0.3, 0.4) is 0 Å². The normalized spacial score (nSPS) is 11.4. The standard InChI is InChI=1S/C23H21N3O3S/c1-29-21-14-8-9-15-22(21)30(27,28)24-16-19-17-26(20-12-6-3-7-13-20)25-23(19)18-10-4-2-5-11-18/h2-15,17,24H,16H2,1H3. The van der Waals surface area contributed by atoms with E-state index in [0.717, 1.165) is 22.5 Å². The van der Waals surface area contributed by atoms with Gasteiger partial charge in [-0.05, 0) is 24.3 Å². The van der Waals surface area contributed by atoms with Crippen LogP contribution in [0.5, 0.6) is 5.75 Å². The summed E-state index contributed by atoms with van der Waals surface area (Å²) in [7, 11) is -2.32. The molecule has 0 aliphatic heterocycles. The maximum absolute atomic E-state index is 12.9. The zero-order valence-electron chi connectivity index (χ0n) is 16.4. The Morgan fingerprint density at radius 3 is 2.23 bits per heavy atom. The van der Waals surface area contributed by atoms with Crippen LogP contribution in [0, 0.1) is 0 Å². The average Bonchev–Trinajstić information content (AvgIpc) is 3.23. The van der Waals surface area contributed by atoms with Gasteiger partial charge in [-0.1, -0.05) is 60.7 Å². The summed E-state index contributed by atoms with van der Waals surface area (Å²) < 4.78 is 35.4. The van der Waals surface area contributed by atoms with Crippen molar-refractivity contribution in [1.29, 1.82) is 0 Å². The first kappa shape index (κ1) is 19.9. The van der Waals surface area contributed by atoms with E-state index in [1.807, 2.05) is 66.9 Å². The largest absolute Gasteiger partial charge is 0.495 e. The van der Waals surface area contributed by atoms with Crippen LogP contribution in [0.4, 0.5) is 0 Å². The summed E-state index contributed by atoms with van der Waals surface area (Å²) in [5.74, 6) is 0.299. The van der Waals surface area contributed by atoms with Gasteiger partial charge < -0.3 is 4.74 Å². The Morgan fingerprint density at radius 2 is 1.53 bits per heavy atom. The fourth-order valence-electron chi connectivity index (χ4n) is 3.18. The van der Waals surface area contributed by atoms with Gasteiger partial charge in [0.15, 0.2) is 0 Å². The molecule has 4 rings (SSSR count). The minimum Gasteiger partial charge on any atom is -0.495 e. The molecule has 0 atom stereocenters. The monoisotopic (exact) mass is 419 g/mol. The summed E-state index contributed by atoms with van der Waals surface area (Å²) >= 11 is 0. The lowest BCUT2D eigenvalue weighted by Gasteiger charge is -2.10. The third-order valence-corrected chi connectivity index (χ3v) is 6.11. The Kier molecular flexibility index (Phi) is 5.65. The number of para-hydroxylation sites is 2. The Labute approximate surface area is 175 Å². The van der Waals surface area contributed by atoms with Crippen LogP contribution in [-0.4, -0.2) is 25.3 Å². The fourth-order valence-corrected chi connectivity index (χ4v) is 4.36. The first-order chi connectivity index (χ1) is 14.6. The number of nitrogens with zero attached hydrogens (tertiary/aromatic N) is 2. The van der Waals surface area contributed by atoms with Crippen LogP contribution in [0.25, 0.3) is 16.9 Å². The highest BCUT2D eigenvalue weighted by Crippen LogP contribution is 2.26. The highest BCUT2D eigenvalue weighted by molar-refractivity contribution is 7.89. The molecule has 1 heterocycles. The molecular formula is C23H21N3O3S. The van der Waals surface area contributed by atoms with Gasteiger partial charge >= 0.3 is 0 Å². The Balaban J connectivity index is 1.69. The molecule has 7 heteroatoms. The number of ether oxygens (including phenoxy) is 1. The van der Waals surface area contributed by atoms with Gasteiger partial charge in [-0.15, -0.1) is 0 Å². The predicted molar refractivity (Wildman–Crippen MR) is 116 cm³/mol. The molecule has 0 saturated carbocycles. The van der Waals surface area contributed by atoms with E-state index in [0.29, 0.717) is 5.75 Å². The number of sulfonamides is 1. The predicted octanol–water partition coefficient (Wildman–Crippen LogP) is 4.03. The molecule has 0 saturated heterocycles. The van der Waals surface area contributed by atoms with Crippen LogP contribution in [-0.2, 0) is 16.6 Å². The molecule has 0 spiro atoms. The molecular weight excluding hydrogens is 398 g/mol. The molecule has 0 fully saturated rings. The average molecular weight is 420 g/mol. The van der Waals surface area contributed by atoms with Crippen molar-refractivity contribution in [2.75, 3.05) is 7.11 Å². The smallest absolute Gasteiger partial charge is 0.244 e. The van der Waals surface area contributed by atoms with Crippen molar-refractivity contribution in [3.63, 3.8) is 0 Å². The fraction of sp³-hybridized carbons (Fsp3) is 0.0870. The van der Waals surface area contributed by atoms with E-state index in [1.165, 1.54) is 13.2 Å². The minimum absolute atomic E-state index is 0.0947. The lowest BCUT2D eigenvalue weighted by molar-refractivity contribution is 0.402. The third-order valence-electron chi connectivity index (χ3n) is 4.67. The van der Waals surface area contributed by atoms with Gasteiger partial charge in [0.05, 0.1) is 18.5 Å². The first-order valence-electron chi connectivity index (χ1n) is 9.40. The van der Waals surface area contributed by atoms with Crippen molar-refractivity contribution in [3.8, 4) is 22.7 Å². The number of methoxy groups -OCH3 is 1. The van der Waals surface area contributed by atoms with Crippen molar-refractivity contribution in [3.05, 3.63) is 96.7 Å². The second-order valence-electron chi connectivity index (χ2n) is 6.62. The lowest BCUT2D eigenvalue weighted by atomic mass is 10.1. The maximum atomic E-state index is 12.9. The summed E-state index contributed by atoms with van der Waals surface area (Å²) in [5.41, 5.74) is 3.30. The van der Waals surface area contributed by atoms with Crippen LogP contribution in [0.2, 0.25) is 0 Å². The van der Waals surface area contributed by atoms with Crippen molar-refractivity contribution in [1.82, 2.24) is 14.5 Å². The molecule has 152 valence electrons. The Bertz CT molecular complexity index is 1240. The summed E-state index contributed by atoms with van der Waals surface area (Å²) in [6.07, 6.45) is 1.85. The van der Waals surface area contributed by atoms with Gasteiger partial charge in [0.1, 0.15) is 10.6 Å². The van der Waals surface area contributed by atoms with Gasteiger partial charge in [0.25, 0.3) is 0 Å². The van der Waals surface area contributed by atoms with Crippen LogP contribution in [0.15, 0.2) is 96.0 Å². The molecule has 30 heavy (non-hydrogen) atoms. The number of benzene rings is 3. The van der Waals surface area contributed by atoms with E-state index < -0.39 is 10.0 Å². The topological polar surface area (TPSA) is 73.2 Å². The molecule has 6 nitrogen and oxygen atoms in total. The molecule has 0 bridgehead atoms. The Hall–Kier alpha value is -3.42. The van der Waals surface area contributed by atoms with E-state index in [2.05, 4.69) is 4.72 Å². The molecule has 0 aliphatic carbocycles. The molecule has 0 radical (unpaired) electrons. The van der Waals surface area contributed by atoms with Crippen LogP contribution in [0.1, 0.15) is 5.56 Å². The summed E-state index contributed by atoms with van der Waals surface area (Å²) in [6, 6.07) is 25.9. The van der Waals surface area contributed by atoms with Crippen molar-refractivity contribution >= 4 is 10.0 Å². The molecule has 1 aromatic heterocycles. The number of hydrogen-bond acceptors (Lipinski definition) is 4. The second-order valence-corrected chi connectivity index (χ2v) is 8.36. The molecule has 3 aromatic carbocycles. The van der Waals surface area contributed by atoms with E-state index in [4.69, 9.17) is 9.84 Å². The molecule has 0 amide bonds. The van der Waals surface area contributed by atoms with Crippen LogP contribution >= 0.6 is 0 Å². The lowest BCUT2D eigenvalue weighted by Crippen LogP contribution is -2.23. The first-order valence-corrected chi connectivity index (χ1v) is 10.9. The number of rotatable bonds is 7. The van der Waals surface area contributed by atoms with Gasteiger partial charge in [-0.3, -0.25) is 0 Å². The second kappa shape index (κ2) is 8.52. The van der Waals surface area contributed by atoms with Crippen molar-refractivity contribution < 1.29 is 13.2 Å². The molecule has 1 N–H and O–H groups in total. The number of nitrogens with one attached hydrogen (secondary N) is 1. The highest BCUT2D eigenvalue weighted by Gasteiger charge is 2.20. The quantitative estimate of drug-likeness (QED) is 0.491. The Morgan fingerprint density at radius 1 is 0.900 bits per heavy atom. The highest BCUT2D eigenvalue weighted by atomic mass is 32.2. The number of hydrogen-bond donors (Lipinski definition) is 1. The number of aromatic nitrogens is 2. The zero-order valence-corrected chi connectivity index (χ0v) is 17.2. The maximum Gasteiger partial charge on any atom is 0.244 e. The SMILES string of the molecule is COc1ccccc1S(=O)(=O)NCc1cn(-c2ccccc2)nc1-c1ccccc1. The van der Waals surface area contributed by atoms with Gasteiger partial charge in [-0.25, -0.2) is 17.8 Å². The minimum atomic E-state index is -3.77. The van der Waals surface area contributed by atoms with Crippen LogP contribution < -0.4 is 9.46 Å². The van der Waals surface area contributed by atoms with E-state index in [9.17, 15) is 8.42 Å². The van der Waals surface area contributed by atoms with Crippen molar-refractivity contribution in [2.45, 2.75) is 11.4 Å². The van der Waals surface area contributed by atoms with Gasteiger partial charge in [-0.2, -0.15) is 5.10 Å². The molecule has 0 unspecified atom stereocenters. The van der Waals surface area contributed by atoms with Gasteiger partial charge in [0, 0.05) is 23.9 Å². The summed E-state index contributed by atoms with van der Waals surface area (Å²) in [4.78, 5) is 0.101. The summed E-state index contributed by atoms with van der Waals surface area (Å²) in [6.45, 7) is 0.0947. The molecule has 0 aliphatic rings. The summed E-state index contributed by atoms with van der Waals surface area (Å²) in [5, 5.41) is 4.71. The van der Waals surface area contributed by atoms with E-state index in [1.54, 1.807) is 22.9 Å². The van der Waals surface area contributed by atoms with Gasteiger partial charge in [0.2, 0.25) is 10.0 Å². The van der Waals surface area contributed by atoms with Crippen molar-refractivity contribution in [2.24, 2.45) is 0 Å². The molecule has 4 aromatic rings. The third kappa shape index (κ3) is 4.12. The van der Waals surface area contributed by atoms with E-state index in [-0.39, 0.29) is 11.4 Å². The van der Waals surface area contributed by atoms with E-state index >= 15 is 0 Å².